The normalized spacial score (nSPS) is 23.1. The second kappa shape index (κ2) is 5.85. The lowest BCUT2D eigenvalue weighted by Gasteiger charge is -2.28. The minimum absolute atomic E-state index is 0.00727. The molecule has 2 aromatic rings. The van der Waals surface area contributed by atoms with Gasteiger partial charge in [0, 0.05) is 17.2 Å². The van der Waals surface area contributed by atoms with E-state index in [1.54, 1.807) is 6.08 Å². The van der Waals surface area contributed by atoms with E-state index in [1.165, 1.54) is 16.9 Å². The first kappa shape index (κ1) is 15.4. The van der Waals surface area contributed by atoms with Gasteiger partial charge in [0.25, 0.3) is 5.91 Å². The van der Waals surface area contributed by atoms with Crippen molar-refractivity contribution in [1.82, 2.24) is 10.3 Å². The standard InChI is InChI=1S/C20H15N3O2S/c24-18-14-5-3-4-12(14)13-9-8-11(10-16(13)22-18)21-19(25)20-23-15-6-1-2-7-17(15)26-20/h1-2,6-10,13H,3-5H2,(H,22,24). The Morgan fingerprint density at radius 1 is 1.27 bits per heavy atom. The number of nitrogens with one attached hydrogen (secondary N) is 1. The SMILES string of the molecule is O=C1NC2=CC(=NC(=O)c3nc4ccccc4s3)C=CC2C2=C1CCC2. The van der Waals surface area contributed by atoms with E-state index < -0.39 is 0 Å². The molecule has 0 saturated carbocycles. The van der Waals surface area contributed by atoms with Crippen molar-refractivity contribution in [3.63, 3.8) is 0 Å². The average Bonchev–Trinajstić information content (AvgIpc) is 3.29. The van der Waals surface area contributed by atoms with Gasteiger partial charge in [-0.15, -0.1) is 11.3 Å². The van der Waals surface area contributed by atoms with Crippen LogP contribution in [0, 0.1) is 5.92 Å². The molecule has 3 aliphatic rings. The van der Waals surface area contributed by atoms with Crippen LogP contribution in [0.25, 0.3) is 10.2 Å². The van der Waals surface area contributed by atoms with Crippen molar-refractivity contribution < 1.29 is 9.59 Å². The van der Waals surface area contributed by atoms with Gasteiger partial charge in [-0.05, 0) is 49.1 Å². The summed E-state index contributed by atoms with van der Waals surface area (Å²) in [5.41, 5.74) is 4.31. The predicted octanol–water partition coefficient (Wildman–Crippen LogP) is 3.56. The van der Waals surface area contributed by atoms with Crippen LogP contribution in [0.4, 0.5) is 0 Å². The summed E-state index contributed by atoms with van der Waals surface area (Å²) in [5.74, 6) is -0.252. The van der Waals surface area contributed by atoms with Gasteiger partial charge >= 0.3 is 5.91 Å². The Kier molecular flexibility index (Phi) is 3.46. The largest absolute Gasteiger partial charge is 0.325 e. The summed E-state index contributed by atoms with van der Waals surface area (Å²) in [4.78, 5) is 33.3. The van der Waals surface area contributed by atoms with Gasteiger partial charge in [0.05, 0.1) is 15.9 Å². The van der Waals surface area contributed by atoms with Gasteiger partial charge in [-0.25, -0.2) is 9.98 Å². The Bertz CT molecular complexity index is 1050. The number of amides is 2. The van der Waals surface area contributed by atoms with E-state index in [9.17, 15) is 9.59 Å². The summed E-state index contributed by atoms with van der Waals surface area (Å²) in [6.45, 7) is 0. The number of aromatic nitrogens is 1. The van der Waals surface area contributed by atoms with Crippen LogP contribution >= 0.6 is 11.3 Å². The number of fused-ring (bicyclic) bond motifs is 3. The number of para-hydroxylation sites is 1. The first-order valence-corrected chi connectivity index (χ1v) is 9.42. The van der Waals surface area contributed by atoms with Crippen LogP contribution in [0.2, 0.25) is 0 Å². The Morgan fingerprint density at radius 2 is 2.15 bits per heavy atom. The van der Waals surface area contributed by atoms with E-state index in [4.69, 9.17) is 0 Å². The fourth-order valence-corrected chi connectivity index (χ4v) is 4.64. The lowest BCUT2D eigenvalue weighted by molar-refractivity contribution is -0.117. The minimum Gasteiger partial charge on any atom is -0.325 e. The maximum atomic E-state index is 12.5. The zero-order valence-corrected chi connectivity index (χ0v) is 14.7. The number of aliphatic imine (C=N–C) groups is 1. The van der Waals surface area contributed by atoms with Gasteiger partial charge in [0.1, 0.15) is 0 Å². The Hall–Kier alpha value is -2.86. The van der Waals surface area contributed by atoms with Gasteiger partial charge in [0.2, 0.25) is 0 Å². The van der Waals surface area contributed by atoms with E-state index in [0.717, 1.165) is 40.7 Å². The minimum atomic E-state index is -0.357. The molecule has 1 atom stereocenters. The molecule has 6 heteroatoms. The third-order valence-corrected chi connectivity index (χ3v) is 6.00. The molecular weight excluding hydrogens is 346 g/mol. The van der Waals surface area contributed by atoms with Crippen LogP contribution in [-0.2, 0) is 4.79 Å². The summed E-state index contributed by atoms with van der Waals surface area (Å²) in [6, 6.07) is 7.64. The molecule has 5 rings (SSSR count). The van der Waals surface area contributed by atoms with Gasteiger partial charge in [-0.3, -0.25) is 9.59 Å². The van der Waals surface area contributed by atoms with Gasteiger partial charge in [-0.2, -0.15) is 0 Å². The molecule has 1 N–H and O–H groups in total. The molecule has 2 heterocycles. The number of hydrogen-bond donors (Lipinski definition) is 1. The van der Waals surface area contributed by atoms with Gasteiger partial charge < -0.3 is 5.32 Å². The highest BCUT2D eigenvalue weighted by atomic mass is 32.1. The summed E-state index contributed by atoms with van der Waals surface area (Å²) in [7, 11) is 0. The first-order valence-electron chi connectivity index (χ1n) is 8.61. The second-order valence-electron chi connectivity index (χ2n) is 6.58. The number of carbonyl (C=O) groups is 2. The van der Waals surface area contributed by atoms with Crippen molar-refractivity contribution in [3.8, 4) is 0 Å². The maximum absolute atomic E-state index is 12.5. The van der Waals surface area contributed by atoms with Crippen LogP contribution < -0.4 is 5.32 Å². The van der Waals surface area contributed by atoms with Crippen LogP contribution in [0.15, 0.2) is 64.3 Å². The lowest BCUT2D eigenvalue weighted by Crippen LogP contribution is -2.35. The molecule has 2 amide bonds. The highest BCUT2D eigenvalue weighted by molar-refractivity contribution is 7.20. The van der Waals surface area contributed by atoms with Crippen molar-refractivity contribution in [2.24, 2.45) is 10.9 Å². The molecule has 0 bridgehead atoms. The monoisotopic (exact) mass is 361 g/mol. The second-order valence-corrected chi connectivity index (χ2v) is 7.61. The molecule has 1 unspecified atom stereocenters. The van der Waals surface area contributed by atoms with Gasteiger partial charge in [0.15, 0.2) is 5.01 Å². The fraction of sp³-hybridized carbons (Fsp3) is 0.200. The summed E-state index contributed by atoms with van der Waals surface area (Å²) in [5, 5.41) is 3.34. The number of nitrogens with zero attached hydrogens (tertiary/aromatic N) is 2. The number of hydrogen-bond acceptors (Lipinski definition) is 4. The molecule has 0 radical (unpaired) electrons. The highest BCUT2D eigenvalue weighted by Crippen LogP contribution is 2.39. The number of rotatable bonds is 1. The van der Waals surface area contributed by atoms with Crippen LogP contribution in [0.3, 0.4) is 0 Å². The quantitative estimate of drug-likeness (QED) is 0.844. The van der Waals surface area contributed by atoms with Crippen LogP contribution in [0.5, 0.6) is 0 Å². The van der Waals surface area contributed by atoms with E-state index in [0.29, 0.717) is 10.7 Å². The molecule has 0 fully saturated rings. The van der Waals surface area contributed by atoms with E-state index in [2.05, 4.69) is 15.3 Å². The summed E-state index contributed by atoms with van der Waals surface area (Å²) >= 11 is 1.34. The maximum Gasteiger partial charge on any atom is 0.306 e. The van der Waals surface area contributed by atoms with Crippen molar-refractivity contribution in [3.05, 3.63) is 64.3 Å². The van der Waals surface area contributed by atoms with Gasteiger partial charge in [-0.1, -0.05) is 18.2 Å². The molecule has 128 valence electrons. The molecular formula is C20H15N3O2S. The topological polar surface area (TPSA) is 71.4 Å². The zero-order valence-electron chi connectivity index (χ0n) is 13.9. The van der Waals surface area contributed by atoms with E-state index in [1.807, 2.05) is 36.4 Å². The summed E-state index contributed by atoms with van der Waals surface area (Å²) in [6.07, 6.45) is 8.55. The predicted molar refractivity (Wildman–Crippen MR) is 101 cm³/mol. The molecule has 0 spiro atoms. The number of thiazole rings is 1. The third-order valence-electron chi connectivity index (χ3n) is 4.97. The van der Waals surface area contributed by atoms with Crippen molar-refractivity contribution in [2.75, 3.05) is 0 Å². The van der Waals surface area contributed by atoms with Crippen LogP contribution in [-0.4, -0.2) is 22.5 Å². The number of benzene rings is 1. The highest BCUT2D eigenvalue weighted by Gasteiger charge is 2.34. The lowest BCUT2D eigenvalue weighted by atomic mass is 9.85. The van der Waals surface area contributed by atoms with E-state index >= 15 is 0 Å². The molecule has 5 nitrogen and oxygen atoms in total. The molecule has 1 aromatic heterocycles. The van der Waals surface area contributed by atoms with E-state index in [-0.39, 0.29) is 17.7 Å². The smallest absolute Gasteiger partial charge is 0.306 e. The Morgan fingerprint density at radius 3 is 3.04 bits per heavy atom. The van der Waals surface area contributed by atoms with Crippen molar-refractivity contribution >= 4 is 39.1 Å². The summed E-state index contributed by atoms with van der Waals surface area (Å²) < 4.78 is 0.967. The van der Waals surface area contributed by atoms with Crippen molar-refractivity contribution in [2.45, 2.75) is 19.3 Å². The number of allylic oxidation sites excluding steroid dienone is 3. The van der Waals surface area contributed by atoms with Crippen LogP contribution in [0.1, 0.15) is 29.1 Å². The Labute approximate surface area is 153 Å². The molecule has 1 aromatic carbocycles. The zero-order chi connectivity index (χ0) is 17.7. The molecule has 1 aliphatic heterocycles. The molecule has 0 saturated heterocycles. The first-order chi connectivity index (χ1) is 12.7. The molecule has 26 heavy (non-hydrogen) atoms. The third kappa shape index (κ3) is 2.45. The fourth-order valence-electron chi connectivity index (χ4n) is 3.79. The average molecular weight is 361 g/mol. The van der Waals surface area contributed by atoms with Crippen molar-refractivity contribution in [1.29, 1.82) is 0 Å². The Balaban J connectivity index is 1.45. The number of carbonyl (C=O) groups excluding carboxylic acids is 2. The molecule has 2 aliphatic carbocycles.